The van der Waals surface area contributed by atoms with Crippen LogP contribution in [0, 0.1) is 0 Å². The standard InChI is InChI=1S/C22H34N4O2/c1-5-28-22(27)26-12-10-18(11-13-26)24-21(23-4)25-20-14-19(20)17-8-6-16(7-9-17)15(2)3/h6-9,15,18-20H,5,10-14H2,1-4H3,(H2,23,24,25). The molecule has 2 aliphatic rings. The molecule has 1 aliphatic carbocycles. The summed E-state index contributed by atoms with van der Waals surface area (Å²) in [4.78, 5) is 18.0. The van der Waals surface area contributed by atoms with E-state index in [-0.39, 0.29) is 6.09 Å². The van der Waals surface area contributed by atoms with Gasteiger partial charge >= 0.3 is 6.09 Å². The molecule has 2 unspecified atom stereocenters. The van der Waals surface area contributed by atoms with Crippen LogP contribution in [0.2, 0.25) is 0 Å². The highest BCUT2D eigenvalue weighted by Crippen LogP contribution is 2.41. The fraction of sp³-hybridized carbons (Fsp3) is 0.636. The summed E-state index contributed by atoms with van der Waals surface area (Å²) in [5.41, 5.74) is 2.79. The SMILES string of the molecule is CCOC(=O)N1CCC(NC(=NC)NC2CC2c2ccc(C(C)C)cc2)CC1. The number of likely N-dealkylation sites (tertiary alicyclic amines) is 1. The number of amides is 1. The van der Waals surface area contributed by atoms with Crippen molar-refractivity contribution < 1.29 is 9.53 Å². The van der Waals surface area contributed by atoms with Gasteiger partial charge < -0.3 is 20.3 Å². The molecule has 2 N–H and O–H groups in total. The third-order valence-corrected chi connectivity index (χ3v) is 5.73. The molecule has 0 spiro atoms. The molecule has 1 aliphatic heterocycles. The predicted octanol–water partition coefficient (Wildman–Crippen LogP) is 3.45. The van der Waals surface area contributed by atoms with Crippen LogP contribution in [0.1, 0.15) is 63.0 Å². The number of rotatable bonds is 5. The van der Waals surface area contributed by atoms with Gasteiger partial charge in [0.05, 0.1) is 6.61 Å². The molecule has 1 heterocycles. The van der Waals surface area contributed by atoms with E-state index in [1.165, 1.54) is 11.1 Å². The van der Waals surface area contributed by atoms with Crippen LogP contribution in [0.15, 0.2) is 29.3 Å². The summed E-state index contributed by atoms with van der Waals surface area (Å²) in [5.74, 6) is 1.99. The van der Waals surface area contributed by atoms with Crippen LogP contribution in [-0.4, -0.2) is 55.8 Å². The van der Waals surface area contributed by atoms with Crippen molar-refractivity contribution in [1.82, 2.24) is 15.5 Å². The van der Waals surface area contributed by atoms with E-state index in [1.54, 1.807) is 4.90 Å². The second kappa shape index (κ2) is 9.30. The summed E-state index contributed by atoms with van der Waals surface area (Å²) in [6.45, 7) is 8.16. The lowest BCUT2D eigenvalue weighted by atomic mass is 10.0. The number of hydrogen-bond donors (Lipinski definition) is 2. The van der Waals surface area contributed by atoms with Crippen LogP contribution >= 0.6 is 0 Å². The highest BCUT2D eigenvalue weighted by Gasteiger charge is 2.39. The van der Waals surface area contributed by atoms with Crippen molar-refractivity contribution in [2.45, 2.75) is 64.0 Å². The summed E-state index contributed by atoms with van der Waals surface area (Å²) in [5, 5.41) is 7.09. The number of ether oxygens (including phenoxy) is 1. The Kier molecular flexibility index (Phi) is 6.81. The molecule has 1 saturated heterocycles. The van der Waals surface area contributed by atoms with Gasteiger partial charge in [-0.1, -0.05) is 38.1 Å². The molecule has 0 aromatic heterocycles. The first kappa shape index (κ1) is 20.5. The molecule has 6 heteroatoms. The second-order valence-corrected chi connectivity index (χ2v) is 8.09. The molecule has 0 radical (unpaired) electrons. The fourth-order valence-corrected chi connectivity index (χ4v) is 3.81. The van der Waals surface area contributed by atoms with Crippen LogP contribution in [0.5, 0.6) is 0 Å². The summed E-state index contributed by atoms with van der Waals surface area (Å²) >= 11 is 0. The minimum absolute atomic E-state index is 0.201. The van der Waals surface area contributed by atoms with Crippen molar-refractivity contribution in [3.63, 3.8) is 0 Å². The number of piperidine rings is 1. The van der Waals surface area contributed by atoms with E-state index in [0.29, 0.717) is 30.5 Å². The lowest BCUT2D eigenvalue weighted by Crippen LogP contribution is -2.50. The Morgan fingerprint density at radius 1 is 1.21 bits per heavy atom. The maximum Gasteiger partial charge on any atom is 0.409 e. The Morgan fingerprint density at radius 2 is 1.89 bits per heavy atom. The van der Waals surface area contributed by atoms with Gasteiger partial charge in [0.1, 0.15) is 0 Å². The molecular formula is C22H34N4O2. The van der Waals surface area contributed by atoms with Gasteiger partial charge in [-0.2, -0.15) is 0 Å². The molecule has 154 valence electrons. The molecule has 6 nitrogen and oxygen atoms in total. The maximum absolute atomic E-state index is 11.8. The van der Waals surface area contributed by atoms with E-state index in [9.17, 15) is 4.79 Å². The van der Waals surface area contributed by atoms with Crippen molar-refractivity contribution in [3.05, 3.63) is 35.4 Å². The third kappa shape index (κ3) is 5.18. The fourth-order valence-electron chi connectivity index (χ4n) is 3.81. The minimum Gasteiger partial charge on any atom is -0.450 e. The first-order chi connectivity index (χ1) is 13.5. The molecule has 1 aromatic rings. The summed E-state index contributed by atoms with van der Waals surface area (Å²) in [6, 6.07) is 9.81. The predicted molar refractivity (Wildman–Crippen MR) is 113 cm³/mol. The largest absolute Gasteiger partial charge is 0.450 e. The normalized spacial score (nSPS) is 22.9. The van der Waals surface area contributed by atoms with Crippen LogP contribution in [0.25, 0.3) is 0 Å². The van der Waals surface area contributed by atoms with E-state index in [2.05, 4.69) is 53.7 Å². The summed E-state index contributed by atoms with van der Waals surface area (Å²) in [6.07, 6.45) is 2.75. The number of hydrogen-bond acceptors (Lipinski definition) is 3. The van der Waals surface area contributed by atoms with E-state index < -0.39 is 0 Å². The van der Waals surface area contributed by atoms with Crippen LogP contribution in [0.3, 0.4) is 0 Å². The number of guanidine groups is 1. The monoisotopic (exact) mass is 386 g/mol. The van der Waals surface area contributed by atoms with Gasteiger partial charge in [0.25, 0.3) is 0 Å². The van der Waals surface area contributed by atoms with E-state index >= 15 is 0 Å². The molecule has 3 rings (SSSR count). The average molecular weight is 387 g/mol. The average Bonchev–Trinajstić information content (AvgIpc) is 3.47. The van der Waals surface area contributed by atoms with E-state index in [4.69, 9.17) is 4.74 Å². The van der Waals surface area contributed by atoms with Crippen molar-refractivity contribution in [2.24, 2.45) is 4.99 Å². The maximum atomic E-state index is 11.8. The first-order valence-electron chi connectivity index (χ1n) is 10.5. The third-order valence-electron chi connectivity index (χ3n) is 5.73. The van der Waals surface area contributed by atoms with Crippen LogP contribution < -0.4 is 10.6 Å². The Morgan fingerprint density at radius 3 is 2.46 bits per heavy atom. The lowest BCUT2D eigenvalue weighted by molar-refractivity contribution is 0.0963. The summed E-state index contributed by atoms with van der Waals surface area (Å²) in [7, 11) is 1.82. The molecule has 28 heavy (non-hydrogen) atoms. The molecule has 2 fully saturated rings. The highest BCUT2D eigenvalue weighted by molar-refractivity contribution is 5.81. The molecule has 1 saturated carbocycles. The topological polar surface area (TPSA) is 66.0 Å². The minimum atomic E-state index is -0.201. The molecule has 2 atom stereocenters. The van der Waals surface area contributed by atoms with E-state index in [0.717, 1.165) is 38.3 Å². The van der Waals surface area contributed by atoms with Crippen LogP contribution in [0.4, 0.5) is 4.79 Å². The van der Waals surface area contributed by atoms with E-state index in [1.807, 2.05) is 14.0 Å². The van der Waals surface area contributed by atoms with Crippen molar-refractivity contribution >= 4 is 12.1 Å². The first-order valence-corrected chi connectivity index (χ1v) is 10.5. The number of nitrogens with zero attached hydrogens (tertiary/aromatic N) is 2. The Hall–Kier alpha value is -2.24. The quantitative estimate of drug-likeness (QED) is 0.601. The zero-order valence-electron chi connectivity index (χ0n) is 17.6. The number of carbonyl (C=O) groups is 1. The molecular weight excluding hydrogens is 352 g/mol. The number of nitrogens with one attached hydrogen (secondary N) is 2. The number of carbonyl (C=O) groups excluding carboxylic acids is 1. The second-order valence-electron chi connectivity index (χ2n) is 8.09. The van der Waals surface area contributed by atoms with Crippen molar-refractivity contribution in [1.29, 1.82) is 0 Å². The Bertz CT molecular complexity index is 678. The van der Waals surface area contributed by atoms with Crippen LogP contribution in [-0.2, 0) is 4.74 Å². The zero-order valence-corrected chi connectivity index (χ0v) is 17.6. The molecule has 1 aromatic carbocycles. The Balaban J connectivity index is 1.44. The lowest BCUT2D eigenvalue weighted by Gasteiger charge is -2.32. The Labute approximate surface area is 168 Å². The van der Waals surface area contributed by atoms with Gasteiger partial charge in [0, 0.05) is 38.1 Å². The summed E-state index contributed by atoms with van der Waals surface area (Å²) < 4.78 is 5.08. The van der Waals surface area contributed by atoms with Gasteiger partial charge in [-0.05, 0) is 43.2 Å². The van der Waals surface area contributed by atoms with Crippen molar-refractivity contribution in [3.8, 4) is 0 Å². The zero-order chi connectivity index (χ0) is 20.1. The van der Waals surface area contributed by atoms with Gasteiger partial charge in [-0.25, -0.2) is 4.79 Å². The smallest absolute Gasteiger partial charge is 0.409 e. The van der Waals surface area contributed by atoms with Gasteiger partial charge in [0.15, 0.2) is 5.96 Å². The molecule has 1 amide bonds. The number of aliphatic imine (C=N–C) groups is 1. The van der Waals surface area contributed by atoms with Crippen molar-refractivity contribution in [2.75, 3.05) is 26.7 Å². The van der Waals surface area contributed by atoms with Gasteiger partial charge in [0.2, 0.25) is 0 Å². The molecule has 0 bridgehead atoms. The number of benzene rings is 1. The van der Waals surface area contributed by atoms with Gasteiger partial charge in [-0.3, -0.25) is 4.99 Å². The van der Waals surface area contributed by atoms with Gasteiger partial charge in [-0.15, -0.1) is 0 Å². The highest BCUT2D eigenvalue weighted by atomic mass is 16.6.